The molecule has 0 bridgehead atoms. The third kappa shape index (κ3) is 2.62. The second-order valence-corrected chi connectivity index (χ2v) is 4.89. The molecule has 4 aromatic rings. The zero-order valence-corrected chi connectivity index (χ0v) is 11.9. The second-order valence-electron chi connectivity index (χ2n) is 4.89. The number of fused-ring (bicyclic) bond motifs is 1. The number of para-hydroxylation sites is 1. The lowest BCUT2D eigenvalue weighted by molar-refractivity contribution is 0.411. The van der Waals surface area contributed by atoms with Crippen LogP contribution >= 0.6 is 0 Å². The van der Waals surface area contributed by atoms with Crippen molar-refractivity contribution in [3.05, 3.63) is 73.2 Å². The first-order valence-electron chi connectivity index (χ1n) is 6.97. The zero-order chi connectivity index (χ0) is 15.6. The minimum absolute atomic E-state index is 0.0963. The molecule has 0 spiro atoms. The van der Waals surface area contributed by atoms with Crippen LogP contribution in [0.5, 0.6) is 11.8 Å². The van der Waals surface area contributed by atoms with Gasteiger partial charge in [-0.2, -0.15) is 0 Å². The Balaban J connectivity index is 1.61. The zero-order valence-electron chi connectivity index (χ0n) is 11.9. The number of pyridine rings is 1. The first kappa shape index (κ1) is 13.4. The predicted molar refractivity (Wildman–Crippen MR) is 82.7 cm³/mol. The van der Waals surface area contributed by atoms with Gasteiger partial charge in [-0.1, -0.05) is 12.1 Å². The van der Waals surface area contributed by atoms with Gasteiger partial charge in [-0.3, -0.25) is 0 Å². The van der Waals surface area contributed by atoms with Gasteiger partial charge in [0, 0.05) is 36.5 Å². The average Bonchev–Trinajstić information content (AvgIpc) is 3.05. The van der Waals surface area contributed by atoms with E-state index in [0.29, 0.717) is 0 Å². The summed E-state index contributed by atoms with van der Waals surface area (Å²) in [4.78, 5) is 12.5. The van der Waals surface area contributed by atoms with Crippen LogP contribution in [0, 0.1) is 5.82 Å². The van der Waals surface area contributed by atoms with Crippen molar-refractivity contribution in [2.45, 2.75) is 0 Å². The fraction of sp³-hybridized carbons (Fsp3) is 0. The van der Waals surface area contributed by atoms with E-state index in [1.165, 1.54) is 12.1 Å². The van der Waals surface area contributed by atoms with Crippen LogP contribution < -0.4 is 4.74 Å². The number of hydrogen-bond donors (Lipinski definition) is 0. The van der Waals surface area contributed by atoms with Gasteiger partial charge in [-0.15, -0.1) is 0 Å². The first-order valence-corrected chi connectivity index (χ1v) is 6.97. The van der Waals surface area contributed by atoms with Crippen molar-refractivity contribution in [1.29, 1.82) is 0 Å². The van der Waals surface area contributed by atoms with Gasteiger partial charge in [0.15, 0.2) is 11.6 Å². The van der Waals surface area contributed by atoms with E-state index in [-0.39, 0.29) is 11.8 Å². The normalized spacial score (nSPS) is 10.8. The third-order valence-electron chi connectivity index (χ3n) is 3.40. The summed E-state index contributed by atoms with van der Waals surface area (Å²) in [6, 6.07) is 10.1. The quantitative estimate of drug-likeness (QED) is 0.579. The summed E-state index contributed by atoms with van der Waals surface area (Å²) in [7, 11) is 0. The minimum atomic E-state index is -0.454. The molecule has 6 heteroatoms. The largest absolute Gasteiger partial charge is 0.421 e. The van der Waals surface area contributed by atoms with Crippen LogP contribution in [0.15, 0.2) is 67.4 Å². The summed E-state index contributed by atoms with van der Waals surface area (Å²) < 4.78 is 20.8. The smallest absolute Gasteiger partial charge is 0.321 e. The molecule has 3 aromatic heterocycles. The molecule has 0 radical (unpaired) electrons. The molecule has 3 heterocycles. The molecule has 0 atom stereocenters. The van der Waals surface area contributed by atoms with Crippen LogP contribution in [0.3, 0.4) is 0 Å². The molecular weight excluding hydrogens is 295 g/mol. The topological polar surface area (TPSA) is 52.3 Å². The average molecular weight is 306 g/mol. The Morgan fingerprint density at radius 1 is 0.913 bits per heavy atom. The Labute approximate surface area is 131 Å². The SMILES string of the molecule is Fc1ccccc1Oc1ncc(-c2ccn3ccnc3c2)cn1. The van der Waals surface area contributed by atoms with Crippen LogP contribution in [-0.2, 0) is 0 Å². The lowest BCUT2D eigenvalue weighted by Crippen LogP contribution is -1.94. The molecule has 0 N–H and O–H groups in total. The molecule has 0 aliphatic rings. The highest BCUT2D eigenvalue weighted by Gasteiger charge is 2.07. The van der Waals surface area contributed by atoms with Crippen molar-refractivity contribution in [1.82, 2.24) is 19.4 Å². The van der Waals surface area contributed by atoms with E-state index >= 15 is 0 Å². The van der Waals surface area contributed by atoms with E-state index in [9.17, 15) is 4.39 Å². The van der Waals surface area contributed by atoms with Crippen molar-refractivity contribution in [3.63, 3.8) is 0 Å². The molecular formula is C17H11FN4O. The lowest BCUT2D eigenvalue weighted by Gasteiger charge is -2.06. The Hall–Kier alpha value is -3.28. The molecule has 0 fully saturated rings. The highest BCUT2D eigenvalue weighted by atomic mass is 19.1. The van der Waals surface area contributed by atoms with Gasteiger partial charge in [0.1, 0.15) is 5.65 Å². The summed E-state index contributed by atoms with van der Waals surface area (Å²) in [5, 5.41) is 0. The van der Waals surface area contributed by atoms with Crippen molar-refractivity contribution in [2.24, 2.45) is 0 Å². The third-order valence-corrected chi connectivity index (χ3v) is 3.40. The maximum Gasteiger partial charge on any atom is 0.321 e. The molecule has 1 aromatic carbocycles. The fourth-order valence-electron chi connectivity index (χ4n) is 2.23. The molecule has 0 saturated carbocycles. The minimum Gasteiger partial charge on any atom is -0.421 e. The molecule has 0 aliphatic carbocycles. The van der Waals surface area contributed by atoms with Gasteiger partial charge in [0.05, 0.1) is 0 Å². The number of halogens is 1. The van der Waals surface area contributed by atoms with E-state index in [1.54, 1.807) is 30.7 Å². The Morgan fingerprint density at radius 3 is 2.57 bits per heavy atom. The molecule has 23 heavy (non-hydrogen) atoms. The molecule has 0 amide bonds. The molecule has 4 rings (SSSR count). The number of ether oxygens (including phenoxy) is 1. The number of imidazole rings is 1. The van der Waals surface area contributed by atoms with Gasteiger partial charge in [-0.05, 0) is 29.8 Å². The van der Waals surface area contributed by atoms with Crippen molar-refractivity contribution < 1.29 is 9.13 Å². The summed E-state index contributed by atoms with van der Waals surface area (Å²) in [6.45, 7) is 0. The van der Waals surface area contributed by atoms with Crippen LogP contribution in [0.1, 0.15) is 0 Å². The molecule has 0 unspecified atom stereocenters. The molecule has 112 valence electrons. The summed E-state index contributed by atoms with van der Waals surface area (Å²) in [6.07, 6.45) is 8.80. The van der Waals surface area contributed by atoms with Crippen LogP contribution in [0.2, 0.25) is 0 Å². The monoisotopic (exact) mass is 306 g/mol. The van der Waals surface area contributed by atoms with Crippen LogP contribution in [-0.4, -0.2) is 19.4 Å². The predicted octanol–water partition coefficient (Wildman–Crippen LogP) is 3.72. The second kappa shape index (κ2) is 5.49. The number of nitrogens with zero attached hydrogens (tertiary/aromatic N) is 4. The van der Waals surface area contributed by atoms with Crippen molar-refractivity contribution in [2.75, 3.05) is 0 Å². The Bertz CT molecular complexity index is 966. The summed E-state index contributed by atoms with van der Waals surface area (Å²) >= 11 is 0. The van der Waals surface area contributed by atoms with Gasteiger partial charge in [-0.25, -0.2) is 19.3 Å². The van der Waals surface area contributed by atoms with Crippen LogP contribution in [0.4, 0.5) is 4.39 Å². The standard InChI is InChI=1S/C17H11FN4O/c18-14-3-1-2-4-15(14)23-17-20-10-13(11-21-17)12-5-7-22-8-6-19-16(22)9-12/h1-11H. The van der Waals surface area contributed by atoms with E-state index in [0.717, 1.165) is 16.8 Å². The molecule has 5 nitrogen and oxygen atoms in total. The van der Waals surface area contributed by atoms with E-state index < -0.39 is 5.82 Å². The van der Waals surface area contributed by atoms with Crippen molar-refractivity contribution >= 4 is 5.65 Å². The van der Waals surface area contributed by atoms with Gasteiger partial charge < -0.3 is 9.14 Å². The van der Waals surface area contributed by atoms with E-state index in [2.05, 4.69) is 15.0 Å². The van der Waals surface area contributed by atoms with Crippen LogP contribution in [0.25, 0.3) is 16.8 Å². The van der Waals surface area contributed by atoms with Gasteiger partial charge in [0.2, 0.25) is 0 Å². The highest BCUT2D eigenvalue weighted by molar-refractivity contribution is 5.65. The Kier molecular flexibility index (Phi) is 3.20. The van der Waals surface area contributed by atoms with E-state index in [4.69, 9.17) is 4.74 Å². The van der Waals surface area contributed by atoms with Gasteiger partial charge in [0.25, 0.3) is 0 Å². The fourth-order valence-corrected chi connectivity index (χ4v) is 2.23. The first-order chi connectivity index (χ1) is 11.3. The van der Waals surface area contributed by atoms with Gasteiger partial charge >= 0.3 is 6.01 Å². The number of hydrogen-bond acceptors (Lipinski definition) is 4. The number of aromatic nitrogens is 4. The maximum absolute atomic E-state index is 13.5. The summed E-state index contributed by atoms with van der Waals surface area (Å²) in [5.74, 6) is -0.357. The summed E-state index contributed by atoms with van der Waals surface area (Å²) in [5.41, 5.74) is 2.62. The highest BCUT2D eigenvalue weighted by Crippen LogP contribution is 2.23. The maximum atomic E-state index is 13.5. The number of benzene rings is 1. The molecule has 0 aliphatic heterocycles. The van der Waals surface area contributed by atoms with E-state index in [1.807, 2.05) is 28.9 Å². The Morgan fingerprint density at radius 2 is 1.74 bits per heavy atom. The number of rotatable bonds is 3. The van der Waals surface area contributed by atoms with Crippen molar-refractivity contribution in [3.8, 4) is 22.9 Å². The lowest BCUT2D eigenvalue weighted by atomic mass is 10.1. The molecule has 0 saturated heterocycles.